The third kappa shape index (κ3) is 5.47. The van der Waals surface area contributed by atoms with Gasteiger partial charge in [0.2, 0.25) is 0 Å². The second kappa shape index (κ2) is 9.40. The fraction of sp³-hybridized carbons (Fsp3) is 0.682. The average molecular weight is 362 g/mol. The van der Waals surface area contributed by atoms with E-state index < -0.39 is 5.60 Å². The zero-order valence-corrected chi connectivity index (χ0v) is 17.1. The van der Waals surface area contributed by atoms with Crippen LogP contribution in [0.3, 0.4) is 0 Å². The summed E-state index contributed by atoms with van der Waals surface area (Å²) in [7, 11) is 0. The Morgan fingerprint density at radius 2 is 2.15 bits per heavy atom. The Kier molecular flexibility index (Phi) is 7.51. The van der Waals surface area contributed by atoms with Crippen molar-refractivity contribution in [1.29, 1.82) is 0 Å². The molecule has 0 bridgehead atoms. The van der Waals surface area contributed by atoms with Gasteiger partial charge in [0.1, 0.15) is 11.4 Å². The third-order valence-electron chi connectivity index (χ3n) is 4.96. The van der Waals surface area contributed by atoms with Gasteiger partial charge in [-0.05, 0) is 68.2 Å². The summed E-state index contributed by atoms with van der Waals surface area (Å²) >= 11 is 0. The molecule has 1 amide bonds. The summed E-state index contributed by atoms with van der Waals surface area (Å²) in [5.41, 5.74) is 1.15. The van der Waals surface area contributed by atoms with E-state index in [0.717, 1.165) is 42.7 Å². The molecule has 26 heavy (non-hydrogen) atoms. The van der Waals surface area contributed by atoms with Gasteiger partial charge in [-0.2, -0.15) is 0 Å². The molecule has 2 atom stereocenters. The number of ether oxygens (including phenoxy) is 2. The second-order valence-corrected chi connectivity index (χ2v) is 8.18. The molecule has 0 radical (unpaired) electrons. The molecule has 0 unspecified atom stereocenters. The van der Waals surface area contributed by atoms with Crippen molar-refractivity contribution in [2.45, 2.75) is 72.3 Å². The van der Waals surface area contributed by atoms with E-state index in [9.17, 15) is 4.79 Å². The Bertz CT molecular complexity index is 599. The SMILES string of the molecule is CCCO[C@@]1(C(=O)Nc2ccc(OCC(C)C)c(C)c2)CCC[C@@H](C)C1. The Labute approximate surface area is 158 Å². The lowest BCUT2D eigenvalue weighted by Gasteiger charge is -2.38. The Balaban J connectivity index is 2.09. The number of hydrogen-bond donors (Lipinski definition) is 1. The van der Waals surface area contributed by atoms with Crippen LogP contribution in [-0.2, 0) is 9.53 Å². The Morgan fingerprint density at radius 3 is 2.77 bits per heavy atom. The number of aryl methyl sites for hydroxylation is 1. The van der Waals surface area contributed by atoms with Crippen LogP contribution in [0.1, 0.15) is 65.4 Å². The van der Waals surface area contributed by atoms with E-state index in [2.05, 4.69) is 33.0 Å². The molecule has 4 heteroatoms. The quantitative estimate of drug-likeness (QED) is 0.679. The minimum Gasteiger partial charge on any atom is -0.493 e. The van der Waals surface area contributed by atoms with Crippen molar-refractivity contribution in [3.8, 4) is 5.75 Å². The van der Waals surface area contributed by atoms with E-state index in [-0.39, 0.29) is 5.91 Å². The van der Waals surface area contributed by atoms with Crippen LogP contribution in [0.2, 0.25) is 0 Å². The number of amides is 1. The topological polar surface area (TPSA) is 47.6 Å². The van der Waals surface area contributed by atoms with Crippen LogP contribution >= 0.6 is 0 Å². The van der Waals surface area contributed by atoms with E-state index in [1.165, 1.54) is 6.42 Å². The second-order valence-electron chi connectivity index (χ2n) is 8.18. The monoisotopic (exact) mass is 361 g/mol. The van der Waals surface area contributed by atoms with Gasteiger partial charge >= 0.3 is 0 Å². The van der Waals surface area contributed by atoms with Crippen LogP contribution in [-0.4, -0.2) is 24.7 Å². The van der Waals surface area contributed by atoms with Crippen molar-refractivity contribution >= 4 is 11.6 Å². The van der Waals surface area contributed by atoms with Crippen LogP contribution in [0.25, 0.3) is 0 Å². The van der Waals surface area contributed by atoms with Gasteiger partial charge in [0.25, 0.3) is 5.91 Å². The summed E-state index contributed by atoms with van der Waals surface area (Å²) < 4.78 is 11.9. The number of carbonyl (C=O) groups excluding carboxylic acids is 1. The normalized spacial score (nSPS) is 23.1. The lowest BCUT2D eigenvalue weighted by molar-refractivity contribution is -0.148. The molecule has 1 N–H and O–H groups in total. The van der Waals surface area contributed by atoms with Gasteiger partial charge in [-0.3, -0.25) is 4.79 Å². The highest BCUT2D eigenvalue weighted by atomic mass is 16.5. The summed E-state index contributed by atoms with van der Waals surface area (Å²) in [6, 6.07) is 5.84. The van der Waals surface area contributed by atoms with Crippen molar-refractivity contribution in [2.24, 2.45) is 11.8 Å². The molecule has 2 rings (SSSR count). The van der Waals surface area contributed by atoms with E-state index >= 15 is 0 Å². The molecule has 1 aromatic rings. The molecule has 0 saturated heterocycles. The minimum absolute atomic E-state index is 0.00671. The van der Waals surface area contributed by atoms with E-state index in [0.29, 0.717) is 25.0 Å². The fourth-order valence-electron chi connectivity index (χ4n) is 3.59. The molecule has 0 heterocycles. The zero-order valence-electron chi connectivity index (χ0n) is 17.1. The summed E-state index contributed by atoms with van der Waals surface area (Å²) in [5, 5.41) is 3.10. The van der Waals surface area contributed by atoms with Gasteiger partial charge in [0, 0.05) is 12.3 Å². The number of nitrogens with one attached hydrogen (secondary N) is 1. The molecule has 1 aliphatic rings. The van der Waals surface area contributed by atoms with Crippen LogP contribution in [0.5, 0.6) is 5.75 Å². The van der Waals surface area contributed by atoms with Gasteiger partial charge < -0.3 is 14.8 Å². The van der Waals surface area contributed by atoms with Gasteiger partial charge in [-0.25, -0.2) is 0 Å². The maximum Gasteiger partial charge on any atom is 0.256 e. The molecule has 0 spiro atoms. The lowest BCUT2D eigenvalue weighted by Crippen LogP contribution is -2.48. The van der Waals surface area contributed by atoms with Crippen molar-refractivity contribution in [2.75, 3.05) is 18.5 Å². The van der Waals surface area contributed by atoms with Gasteiger partial charge in [0.15, 0.2) is 0 Å². The first kappa shape index (κ1) is 20.8. The van der Waals surface area contributed by atoms with Crippen LogP contribution in [0.4, 0.5) is 5.69 Å². The summed E-state index contributed by atoms with van der Waals surface area (Å²) in [6.07, 6.45) is 4.74. The number of benzene rings is 1. The smallest absolute Gasteiger partial charge is 0.256 e. The Morgan fingerprint density at radius 1 is 1.38 bits per heavy atom. The standard InChI is InChI=1S/C22H35NO3/c1-6-12-26-22(11-7-8-17(4)14-22)21(24)23-19-9-10-20(18(5)13-19)25-15-16(2)3/h9-10,13,16-17H,6-8,11-12,14-15H2,1-5H3,(H,23,24)/t17-,22+/m1/s1. The minimum atomic E-state index is -0.686. The van der Waals surface area contributed by atoms with E-state index in [1.807, 2.05) is 25.1 Å². The van der Waals surface area contributed by atoms with Crippen molar-refractivity contribution < 1.29 is 14.3 Å². The molecule has 0 aromatic heterocycles. The molecule has 1 fully saturated rings. The van der Waals surface area contributed by atoms with E-state index in [1.54, 1.807) is 0 Å². The first-order valence-corrected chi connectivity index (χ1v) is 10.0. The summed E-state index contributed by atoms with van der Waals surface area (Å²) in [4.78, 5) is 13.1. The highest BCUT2D eigenvalue weighted by molar-refractivity contribution is 5.97. The third-order valence-corrected chi connectivity index (χ3v) is 4.96. The highest BCUT2D eigenvalue weighted by Crippen LogP contribution is 2.36. The molecule has 146 valence electrons. The van der Waals surface area contributed by atoms with Crippen LogP contribution in [0, 0.1) is 18.8 Å². The number of hydrogen-bond acceptors (Lipinski definition) is 3. The van der Waals surface area contributed by atoms with Crippen molar-refractivity contribution in [1.82, 2.24) is 0 Å². The van der Waals surface area contributed by atoms with Gasteiger partial charge in [-0.15, -0.1) is 0 Å². The summed E-state index contributed by atoms with van der Waals surface area (Å²) in [5.74, 6) is 1.87. The fourth-order valence-corrected chi connectivity index (χ4v) is 3.59. The molecular weight excluding hydrogens is 326 g/mol. The molecule has 1 saturated carbocycles. The van der Waals surface area contributed by atoms with Crippen molar-refractivity contribution in [3.05, 3.63) is 23.8 Å². The maximum absolute atomic E-state index is 13.1. The number of anilines is 1. The lowest BCUT2D eigenvalue weighted by atomic mass is 9.78. The maximum atomic E-state index is 13.1. The van der Waals surface area contributed by atoms with Gasteiger partial charge in [-0.1, -0.05) is 34.1 Å². The summed E-state index contributed by atoms with van der Waals surface area (Å²) in [6.45, 7) is 11.9. The first-order valence-electron chi connectivity index (χ1n) is 10.0. The van der Waals surface area contributed by atoms with E-state index in [4.69, 9.17) is 9.47 Å². The first-order chi connectivity index (χ1) is 12.4. The Hall–Kier alpha value is -1.55. The molecule has 1 aromatic carbocycles. The molecule has 0 aliphatic heterocycles. The zero-order chi connectivity index (χ0) is 19.2. The van der Waals surface area contributed by atoms with Crippen molar-refractivity contribution in [3.63, 3.8) is 0 Å². The number of rotatable bonds is 8. The van der Waals surface area contributed by atoms with Crippen LogP contribution in [0.15, 0.2) is 18.2 Å². The molecular formula is C22H35NO3. The molecule has 4 nitrogen and oxygen atoms in total. The average Bonchev–Trinajstić information content (AvgIpc) is 2.59. The highest BCUT2D eigenvalue weighted by Gasteiger charge is 2.42. The predicted octanol–water partition coefficient (Wildman–Crippen LogP) is 5.34. The largest absolute Gasteiger partial charge is 0.493 e. The predicted molar refractivity (Wildman–Crippen MR) is 107 cm³/mol. The number of carbonyl (C=O) groups is 1. The van der Waals surface area contributed by atoms with Crippen LogP contribution < -0.4 is 10.1 Å². The molecule has 1 aliphatic carbocycles. The van der Waals surface area contributed by atoms with Gasteiger partial charge in [0.05, 0.1) is 6.61 Å².